The number of nitrogens with one attached hydrogen (secondary N) is 2. The van der Waals surface area contributed by atoms with E-state index in [1.807, 2.05) is 13.8 Å². The van der Waals surface area contributed by atoms with Crippen molar-refractivity contribution >= 4 is 29.9 Å². The molecule has 23 heavy (non-hydrogen) atoms. The maximum atomic E-state index is 5.54. The van der Waals surface area contributed by atoms with Gasteiger partial charge in [-0.2, -0.15) is 0 Å². The minimum atomic E-state index is 0. The first-order chi connectivity index (χ1) is 10.6. The monoisotopic (exact) mass is 428 g/mol. The predicted octanol–water partition coefficient (Wildman–Crippen LogP) is 3.13. The van der Waals surface area contributed by atoms with Crippen molar-refractivity contribution in [2.75, 3.05) is 13.6 Å². The standard InChI is InChI=1S/C17H24N4O.HI/c1-12-7-5-6-8-15(12)9-10-19-17(18-4)20-11-16-21-13(2)14(3)22-16;/h5-8H,9-11H2,1-4H3,(H2,18,19,20);1H. The molecule has 0 fully saturated rings. The van der Waals surface area contributed by atoms with Crippen molar-refractivity contribution in [2.24, 2.45) is 4.99 Å². The summed E-state index contributed by atoms with van der Waals surface area (Å²) in [5.41, 5.74) is 3.60. The highest BCUT2D eigenvalue weighted by atomic mass is 127. The van der Waals surface area contributed by atoms with Gasteiger partial charge in [-0.3, -0.25) is 4.99 Å². The molecule has 1 aromatic heterocycles. The fourth-order valence-electron chi connectivity index (χ4n) is 2.20. The van der Waals surface area contributed by atoms with Crippen LogP contribution < -0.4 is 10.6 Å². The Labute approximate surface area is 155 Å². The highest BCUT2D eigenvalue weighted by Crippen LogP contribution is 2.08. The number of oxazole rings is 1. The van der Waals surface area contributed by atoms with Crippen molar-refractivity contribution in [3.63, 3.8) is 0 Å². The summed E-state index contributed by atoms with van der Waals surface area (Å²) in [6, 6.07) is 8.43. The zero-order chi connectivity index (χ0) is 15.9. The molecule has 1 heterocycles. The Kier molecular flexibility index (Phi) is 8.08. The smallest absolute Gasteiger partial charge is 0.214 e. The lowest BCUT2D eigenvalue weighted by molar-refractivity contribution is 0.464. The first-order valence-corrected chi connectivity index (χ1v) is 7.52. The number of rotatable bonds is 5. The van der Waals surface area contributed by atoms with Gasteiger partial charge in [0.1, 0.15) is 5.76 Å². The van der Waals surface area contributed by atoms with E-state index in [1.165, 1.54) is 11.1 Å². The van der Waals surface area contributed by atoms with E-state index in [1.54, 1.807) is 7.05 Å². The largest absolute Gasteiger partial charge is 0.444 e. The zero-order valence-electron chi connectivity index (χ0n) is 14.1. The molecule has 0 saturated carbocycles. The first-order valence-electron chi connectivity index (χ1n) is 7.52. The lowest BCUT2D eigenvalue weighted by atomic mass is 10.1. The molecule has 0 bridgehead atoms. The summed E-state index contributed by atoms with van der Waals surface area (Å²) >= 11 is 0. The van der Waals surface area contributed by atoms with Crippen molar-refractivity contribution < 1.29 is 4.42 Å². The van der Waals surface area contributed by atoms with Gasteiger partial charge >= 0.3 is 0 Å². The summed E-state index contributed by atoms with van der Waals surface area (Å²) < 4.78 is 5.54. The molecule has 5 nitrogen and oxygen atoms in total. The summed E-state index contributed by atoms with van der Waals surface area (Å²) in [6.07, 6.45) is 0.963. The van der Waals surface area contributed by atoms with E-state index in [4.69, 9.17) is 4.42 Å². The van der Waals surface area contributed by atoms with Crippen molar-refractivity contribution in [3.8, 4) is 0 Å². The second kappa shape index (κ2) is 9.54. The van der Waals surface area contributed by atoms with Crippen LogP contribution in [-0.4, -0.2) is 24.5 Å². The molecule has 6 heteroatoms. The SMILES string of the molecule is CN=C(NCCc1ccccc1C)NCc1nc(C)c(C)o1.I. The molecule has 0 aliphatic rings. The molecule has 0 radical (unpaired) electrons. The van der Waals surface area contributed by atoms with Crippen LogP contribution in [0, 0.1) is 20.8 Å². The highest BCUT2D eigenvalue weighted by Gasteiger charge is 2.06. The van der Waals surface area contributed by atoms with Crippen molar-refractivity contribution in [1.29, 1.82) is 0 Å². The highest BCUT2D eigenvalue weighted by molar-refractivity contribution is 14.0. The van der Waals surface area contributed by atoms with Gasteiger partial charge in [0, 0.05) is 13.6 Å². The van der Waals surface area contributed by atoms with Gasteiger partial charge in [0.15, 0.2) is 5.96 Å². The van der Waals surface area contributed by atoms with E-state index in [0.717, 1.165) is 30.4 Å². The number of nitrogens with zero attached hydrogens (tertiary/aromatic N) is 2. The number of aliphatic imine (C=N–C) groups is 1. The molecule has 0 atom stereocenters. The van der Waals surface area contributed by atoms with Crippen LogP contribution in [0.25, 0.3) is 0 Å². The van der Waals surface area contributed by atoms with Crippen molar-refractivity contribution in [3.05, 3.63) is 52.7 Å². The fraction of sp³-hybridized carbons (Fsp3) is 0.412. The molecule has 2 N–H and O–H groups in total. The van der Waals surface area contributed by atoms with Gasteiger partial charge < -0.3 is 15.1 Å². The summed E-state index contributed by atoms with van der Waals surface area (Å²) in [5, 5.41) is 6.52. The third-order valence-electron chi connectivity index (χ3n) is 3.65. The van der Waals surface area contributed by atoms with Gasteiger partial charge in [-0.15, -0.1) is 24.0 Å². The first kappa shape index (κ1) is 19.5. The Morgan fingerprint density at radius 3 is 2.52 bits per heavy atom. The molecule has 0 saturated heterocycles. The lowest BCUT2D eigenvalue weighted by Gasteiger charge is -2.11. The normalized spacial score (nSPS) is 11.0. The quantitative estimate of drug-likeness (QED) is 0.437. The number of benzene rings is 1. The maximum Gasteiger partial charge on any atom is 0.214 e. The average molecular weight is 428 g/mol. The van der Waals surface area contributed by atoms with Gasteiger partial charge in [0.05, 0.1) is 12.2 Å². The van der Waals surface area contributed by atoms with Crippen LogP contribution in [0.1, 0.15) is 28.5 Å². The van der Waals surface area contributed by atoms with Gasteiger partial charge in [0.2, 0.25) is 5.89 Å². The number of halogens is 1. The topological polar surface area (TPSA) is 62.5 Å². The van der Waals surface area contributed by atoms with E-state index in [-0.39, 0.29) is 24.0 Å². The van der Waals surface area contributed by atoms with Crippen LogP contribution in [0.2, 0.25) is 0 Å². The van der Waals surface area contributed by atoms with E-state index in [9.17, 15) is 0 Å². The third-order valence-corrected chi connectivity index (χ3v) is 3.65. The van der Waals surface area contributed by atoms with E-state index >= 15 is 0 Å². The van der Waals surface area contributed by atoms with E-state index in [2.05, 4.69) is 51.8 Å². The molecule has 0 amide bonds. The zero-order valence-corrected chi connectivity index (χ0v) is 16.5. The molecular weight excluding hydrogens is 403 g/mol. The summed E-state index contributed by atoms with van der Waals surface area (Å²) in [6.45, 7) is 7.35. The Morgan fingerprint density at radius 2 is 1.91 bits per heavy atom. The molecule has 2 aromatic rings. The molecule has 0 spiro atoms. The van der Waals surface area contributed by atoms with Crippen molar-refractivity contribution in [1.82, 2.24) is 15.6 Å². The number of hydrogen-bond donors (Lipinski definition) is 2. The molecule has 0 aliphatic carbocycles. The molecule has 2 rings (SSSR count). The van der Waals surface area contributed by atoms with Gasteiger partial charge in [-0.25, -0.2) is 4.98 Å². The number of aromatic nitrogens is 1. The predicted molar refractivity (Wildman–Crippen MR) is 104 cm³/mol. The van der Waals surface area contributed by atoms with Crippen LogP contribution in [-0.2, 0) is 13.0 Å². The second-order valence-corrected chi connectivity index (χ2v) is 5.28. The van der Waals surface area contributed by atoms with E-state index < -0.39 is 0 Å². The summed E-state index contributed by atoms with van der Waals surface area (Å²) in [7, 11) is 1.76. The number of guanidine groups is 1. The van der Waals surface area contributed by atoms with Crippen LogP contribution in [0.4, 0.5) is 0 Å². The van der Waals surface area contributed by atoms with Crippen LogP contribution in [0.3, 0.4) is 0 Å². The van der Waals surface area contributed by atoms with Crippen LogP contribution >= 0.6 is 24.0 Å². The Balaban J connectivity index is 0.00000264. The Hall–Kier alpha value is -1.57. The minimum Gasteiger partial charge on any atom is -0.444 e. The molecule has 126 valence electrons. The maximum absolute atomic E-state index is 5.54. The molecule has 1 aromatic carbocycles. The van der Waals surface area contributed by atoms with Crippen molar-refractivity contribution in [2.45, 2.75) is 33.7 Å². The minimum absolute atomic E-state index is 0. The molecular formula is C17H25IN4O. The average Bonchev–Trinajstić information content (AvgIpc) is 2.83. The molecule has 0 aliphatic heterocycles. The Morgan fingerprint density at radius 1 is 1.17 bits per heavy atom. The van der Waals surface area contributed by atoms with E-state index in [0.29, 0.717) is 12.4 Å². The van der Waals surface area contributed by atoms with Gasteiger partial charge in [-0.05, 0) is 38.3 Å². The lowest BCUT2D eigenvalue weighted by Crippen LogP contribution is -2.38. The fourth-order valence-corrected chi connectivity index (χ4v) is 2.20. The van der Waals surface area contributed by atoms with Crippen LogP contribution in [0.5, 0.6) is 0 Å². The molecule has 0 unspecified atom stereocenters. The number of aryl methyl sites for hydroxylation is 3. The van der Waals surface area contributed by atoms with Gasteiger partial charge in [0.25, 0.3) is 0 Å². The number of hydrogen-bond acceptors (Lipinski definition) is 3. The van der Waals surface area contributed by atoms with Crippen LogP contribution in [0.15, 0.2) is 33.7 Å². The third kappa shape index (κ3) is 5.85. The summed E-state index contributed by atoms with van der Waals surface area (Å²) in [4.78, 5) is 8.55. The Bertz CT molecular complexity index is 632. The van der Waals surface area contributed by atoms with Gasteiger partial charge in [-0.1, -0.05) is 24.3 Å². The summed E-state index contributed by atoms with van der Waals surface area (Å²) in [5.74, 6) is 2.29. The second-order valence-electron chi connectivity index (χ2n) is 5.28.